The Morgan fingerprint density at radius 2 is 1.70 bits per heavy atom. The molecule has 124 valence electrons. The molecule has 23 heavy (non-hydrogen) atoms. The van der Waals surface area contributed by atoms with Crippen molar-refractivity contribution in [1.82, 2.24) is 4.90 Å². The summed E-state index contributed by atoms with van der Waals surface area (Å²) in [6, 6.07) is 19.9. The van der Waals surface area contributed by atoms with Crippen LogP contribution in [0, 0.1) is 5.92 Å². The molecule has 1 aliphatic heterocycles. The number of nitrogens with two attached hydrogens (primary N) is 1. The number of piperidine rings is 1. The summed E-state index contributed by atoms with van der Waals surface area (Å²) in [6.45, 7) is 5.52. The van der Waals surface area contributed by atoms with Crippen molar-refractivity contribution in [2.45, 2.75) is 32.4 Å². The molecule has 2 unspecified atom stereocenters. The fourth-order valence-corrected chi connectivity index (χ4v) is 3.36. The van der Waals surface area contributed by atoms with Crippen LogP contribution in [0.25, 0.3) is 11.1 Å². The molecule has 2 aromatic rings. The van der Waals surface area contributed by atoms with Crippen molar-refractivity contribution in [1.29, 1.82) is 0 Å². The van der Waals surface area contributed by atoms with Gasteiger partial charge in [-0.25, -0.2) is 0 Å². The van der Waals surface area contributed by atoms with Gasteiger partial charge < -0.3 is 5.73 Å². The van der Waals surface area contributed by atoms with E-state index in [1.807, 2.05) is 0 Å². The van der Waals surface area contributed by atoms with E-state index in [1.54, 1.807) is 0 Å². The molecule has 2 aromatic carbocycles. The summed E-state index contributed by atoms with van der Waals surface area (Å²) in [6.07, 6.45) is 2.55. The van der Waals surface area contributed by atoms with E-state index >= 15 is 0 Å². The van der Waals surface area contributed by atoms with Gasteiger partial charge in [0.15, 0.2) is 0 Å². The van der Waals surface area contributed by atoms with Gasteiger partial charge in [-0.1, -0.05) is 54.6 Å². The second-order valence-electron chi connectivity index (χ2n) is 6.56. The Bertz CT molecular complexity index is 580. The van der Waals surface area contributed by atoms with Crippen molar-refractivity contribution in [2.75, 3.05) is 13.1 Å². The highest BCUT2D eigenvalue weighted by Crippen LogP contribution is 2.22. The van der Waals surface area contributed by atoms with E-state index in [4.69, 9.17) is 5.73 Å². The third-order valence-electron chi connectivity index (χ3n) is 4.75. The van der Waals surface area contributed by atoms with Crippen LogP contribution in [-0.2, 0) is 6.54 Å². The molecule has 3 heteroatoms. The number of rotatable bonds is 4. The minimum absolute atomic E-state index is 0. The first kappa shape index (κ1) is 18.0. The zero-order valence-electron chi connectivity index (χ0n) is 13.8. The maximum absolute atomic E-state index is 6.08. The number of benzene rings is 2. The average Bonchev–Trinajstić information content (AvgIpc) is 2.56. The highest BCUT2D eigenvalue weighted by Gasteiger charge is 2.22. The number of hydrogen-bond donors (Lipinski definition) is 1. The molecule has 1 heterocycles. The average molecular weight is 331 g/mol. The summed E-state index contributed by atoms with van der Waals surface area (Å²) in [4.78, 5) is 2.55. The van der Waals surface area contributed by atoms with E-state index in [-0.39, 0.29) is 12.4 Å². The maximum atomic E-state index is 6.08. The third-order valence-corrected chi connectivity index (χ3v) is 4.75. The normalized spacial score (nSPS) is 19.8. The Kier molecular flexibility index (Phi) is 6.64. The van der Waals surface area contributed by atoms with Crippen LogP contribution in [0.4, 0.5) is 0 Å². The standard InChI is InChI=1S/C20H26N2.ClH/c1-16(21)20-8-5-13-22(15-20)14-17-9-11-19(12-10-17)18-6-3-2-4-7-18;/h2-4,6-7,9-12,16,20H,5,8,13-15,21H2,1H3;1H. The smallest absolute Gasteiger partial charge is 0.0233 e. The molecule has 0 bridgehead atoms. The zero-order chi connectivity index (χ0) is 15.4. The van der Waals surface area contributed by atoms with Gasteiger partial charge in [0.2, 0.25) is 0 Å². The molecule has 2 atom stereocenters. The topological polar surface area (TPSA) is 29.3 Å². The second-order valence-corrected chi connectivity index (χ2v) is 6.56. The molecule has 0 aromatic heterocycles. The zero-order valence-corrected chi connectivity index (χ0v) is 14.6. The van der Waals surface area contributed by atoms with Gasteiger partial charge in [0.25, 0.3) is 0 Å². The highest BCUT2D eigenvalue weighted by atomic mass is 35.5. The van der Waals surface area contributed by atoms with Crippen molar-refractivity contribution >= 4 is 12.4 Å². The van der Waals surface area contributed by atoms with Gasteiger partial charge in [-0.05, 0) is 48.9 Å². The summed E-state index contributed by atoms with van der Waals surface area (Å²) in [5.41, 5.74) is 10.0. The van der Waals surface area contributed by atoms with E-state index in [2.05, 4.69) is 66.4 Å². The van der Waals surface area contributed by atoms with Crippen molar-refractivity contribution in [2.24, 2.45) is 11.7 Å². The van der Waals surface area contributed by atoms with Gasteiger partial charge in [-0.2, -0.15) is 0 Å². The van der Waals surface area contributed by atoms with E-state index in [0.29, 0.717) is 12.0 Å². The molecular formula is C20H27ClN2. The third kappa shape index (κ3) is 4.81. The lowest BCUT2D eigenvalue weighted by Gasteiger charge is -2.34. The Hall–Kier alpha value is -1.35. The lowest BCUT2D eigenvalue weighted by atomic mass is 9.92. The molecule has 0 spiro atoms. The van der Waals surface area contributed by atoms with Gasteiger partial charge >= 0.3 is 0 Å². The Morgan fingerprint density at radius 1 is 1.04 bits per heavy atom. The molecule has 1 aliphatic rings. The molecule has 0 radical (unpaired) electrons. The fourth-order valence-electron chi connectivity index (χ4n) is 3.36. The lowest BCUT2D eigenvalue weighted by molar-refractivity contribution is 0.154. The van der Waals surface area contributed by atoms with Crippen LogP contribution < -0.4 is 5.73 Å². The minimum Gasteiger partial charge on any atom is -0.328 e. The van der Waals surface area contributed by atoms with Crippen LogP contribution in [0.3, 0.4) is 0 Å². The maximum Gasteiger partial charge on any atom is 0.0233 e. The Labute approximate surface area is 146 Å². The first-order valence-corrected chi connectivity index (χ1v) is 8.34. The van der Waals surface area contributed by atoms with Crippen molar-refractivity contribution in [3.63, 3.8) is 0 Å². The largest absolute Gasteiger partial charge is 0.328 e. The van der Waals surface area contributed by atoms with Crippen molar-refractivity contribution < 1.29 is 0 Å². The predicted octanol–water partition coefficient (Wildman–Crippen LogP) is 4.33. The molecule has 2 N–H and O–H groups in total. The van der Waals surface area contributed by atoms with Gasteiger partial charge in [-0.3, -0.25) is 4.90 Å². The summed E-state index contributed by atoms with van der Waals surface area (Å²) in [7, 11) is 0. The quantitative estimate of drug-likeness (QED) is 0.903. The second kappa shape index (κ2) is 8.49. The van der Waals surface area contributed by atoms with Crippen molar-refractivity contribution in [3.8, 4) is 11.1 Å². The van der Waals surface area contributed by atoms with Crippen LogP contribution >= 0.6 is 12.4 Å². The van der Waals surface area contributed by atoms with Gasteiger partial charge in [-0.15, -0.1) is 12.4 Å². The number of halogens is 1. The SMILES string of the molecule is CC(N)C1CCCN(Cc2ccc(-c3ccccc3)cc2)C1.Cl. The first-order chi connectivity index (χ1) is 10.7. The highest BCUT2D eigenvalue weighted by molar-refractivity contribution is 5.85. The molecule has 1 saturated heterocycles. The molecule has 3 rings (SSSR count). The fraction of sp³-hybridized carbons (Fsp3) is 0.400. The molecular weight excluding hydrogens is 304 g/mol. The summed E-state index contributed by atoms with van der Waals surface area (Å²) in [5.74, 6) is 0.650. The van der Waals surface area contributed by atoms with E-state index in [1.165, 1.54) is 36.1 Å². The number of nitrogens with zero attached hydrogens (tertiary/aromatic N) is 1. The van der Waals surface area contributed by atoms with E-state index in [0.717, 1.165) is 13.1 Å². The summed E-state index contributed by atoms with van der Waals surface area (Å²) < 4.78 is 0. The van der Waals surface area contributed by atoms with Crippen LogP contribution in [0.5, 0.6) is 0 Å². The lowest BCUT2D eigenvalue weighted by Crippen LogP contribution is -2.41. The molecule has 2 nitrogen and oxygen atoms in total. The number of hydrogen-bond acceptors (Lipinski definition) is 2. The van der Waals surface area contributed by atoms with Crippen LogP contribution in [0.15, 0.2) is 54.6 Å². The predicted molar refractivity (Wildman–Crippen MR) is 101 cm³/mol. The molecule has 0 amide bonds. The Balaban J connectivity index is 0.00000192. The number of likely N-dealkylation sites (tertiary alicyclic amines) is 1. The monoisotopic (exact) mass is 330 g/mol. The van der Waals surface area contributed by atoms with Crippen molar-refractivity contribution in [3.05, 3.63) is 60.2 Å². The molecule has 0 saturated carbocycles. The van der Waals surface area contributed by atoms with Gasteiger partial charge in [0.05, 0.1) is 0 Å². The molecule has 1 fully saturated rings. The Morgan fingerprint density at radius 3 is 2.35 bits per heavy atom. The van der Waals surface area contributed by atoms with Crippen LogP contribution in [0.1, 0.15) is 25.3 Å². The van der Waals surface area contributed by atoms with Gasteiger partial charge in [0, 0.05) is 19.1 Å². The van der Waals surface area contributed by atoms with E-state index < -0.39 is 0 Å². The van der Waals surface area contributed by atoms with Gasteiger partial charge in [0.1, 0.15) is 0 Å². The molecule has 0 aliphatic carbocycles. The van der Waals surface area contributed by atoms with Crippen LogP contribution in [0.2, 0.25) is 0 Å². The minimum atomic E-state index is 0. The summed E-state index contributed by atoms with van der Waals surface area (Å²) in [5, 5.41) is 0. The summed E-state index contributed by atoms with van der Waals surface area (Å²) >= 11 is 0. The van der Waals surface area contributed by atoms with Crippen LogP contribution in [-0.4, -0.2) is 24.0 Å². The first-order valence-electron chi connectivity index (χ1n) is 8.34. The van der Waals surface area contributed by atoms with E-state index in [9.17, 15) is 0 Å².